The molecule has 1 aromatic rings. The van der Waals surface area contributed by atoms with Crippen LogP contribution in [-0.2, 0) is 11.3 Å². The monoisotopic (exact) mass is 396 g/mol. The van der Waals surface area contributed by atoms with Crippen LogP contribution in [0.2, 0.25) is 0 Å². The molecule has 0 aliphatic heterocycles. The van der Waals surface area contributed by atoms with Gasteiger partial charge in [-0.2, -0.15) is 0 Å². The zero-order valence-electron chi connectivity index (χ0n) is 12.2. The fourth-order valence-electron chi connectivity index (χ4n) is 1.31. The molecule has 0 atom stereocenters. The quantitative estimate of drug-likeness (QED) is 0.454. The first-order valence-electron chi connectivity index (χ1n) is 6.07. The number of aromatic nitrogens is 1. The third kappa shape index (κ3) is 6.47. The summed E-state index contributed by atoms with van der Waals surface area (Å²) in [5.41, 5.74) is 0.0601. The molecule has 114 valence electrons. The van der Waals surface area contributed by atoms with Crippen molar-refractivity contribution in [1.29, 1.82) is 0 Å². The Morgan fingerprint density at radius 3 is 2.70 bits per heavy atom. The summed E-state index contributed by atoms with van der Waals surface area (Å²) >= 11 is 0. The fraction of sp³-hybridized carbons (Fsp3) is 0.538. The molecular formula is C13H22FIN4O. The van der Waals surface area contributed by atoms with Crippen molar-refractivity contribution in [3.8, 4) is 0 Å². The Labute approximate surface area is 136 Å². The number of aliphatic imine (C=N–C) groups is 1. The third-order valence-corrected chi connectivity index (χ3v) is 2.72. The molecule has 0 spiro atoms. The summed E-state index contributed by atoms with van der Waals surface area (Å²) < 4.78 is 18.7. The van der Waals surface area contributed by atoms with Gasteiger partial charge < -0.3 is 15.4 Å². The highest BCUT2D eigenvalue weighted by Crippen LogP contribution is 2.04. The third-order valence-electron chi connectivity index (χ3n) is 2.72. The van der Waals surface area contributed by atoms with Gasteiger partial charge in [0.2, 0.25) is 0 Å². The van der Waals surface area contributed by atoms with Gasteiger partial charge in [-0.3, -0.25) is 9.98 Å². The molecule has 20 heavy (non-hydrogen) atoms. The molecule has 0 unspecified atom stereocenters. The van der Waals surface area contributed by atoms with E-state index in [0.29, 0.717) is 18.2 Å². The molecule has 1 rings (SSSR count). The van der Waals surface area contributed by atoms with Gasteiger partial charge in [0.1, 0.15) is 5.82 Å². The van der Waals surface area contributed by atoms with Gasteiger partial charge in [-0.15, -0.1) is 24.0 Å². The van der Waals surface area contributed by atoms with E-state index >= 15 is 0 Å². The Bertz CT molecular complexity index is 440. The summed E-state index contributed by atoms with van der Waals surface area (Å²) in [6.45, 7) is 4.80. The molecule has 0 radical (unpaired) electrons. The molecule has 0 aromatic carbocycles. The topological polar surface area (TPSA) is 58.5 Å². The molecule has 2 N–H and O–H groups in total. The Balaban J connectivity index is 0.00000361. The maximum absolute atomic E-state index is 13.4. The van der Waals surface area contributed by atoms with Crippen molar-refractivity contribution < 1.29 is 9.13 Å². The van der Waals surface area contributed by atoms with Crippen LogP contribution >= 0.6 is 24.0 Å². The van der Waals surface area contributed by atoms with E-state index in [9.17, 15) is 4.39 Å². The molecule has 1 heterocycles. The molecule has 0 aliphatic carbocycles. The van der Waals surface area contributed by atoms with E-state index in [2.05, 4.69) is 20.6 Å². The minimum Gasteiger partial charge on any atom is -0.377 e. The standard InChI is InChI=1S/C13H21FN4O.HI/c1-13(2,19-4)9-18-12(15-3)17-8-11-10(14)6-5-7-16-11;/h5-7H,8-9H2,1-4H3,(H2,15,17,18);1H. The van der Waals surface area contributed by atoms with Crippen molar-refractivity contribution in [2.24, 2.45) is 4.99 Å². The molecule has 0 saturated carbocycles. The minimum absolute atomic E-state index is 0. The summed E-state index contributed by atoms with van der Waals surface area (Å²) in [5, 5.41) is 6.12. The normalized spacial score (nSPS) is 11.8. The van der Waals surface area contributed by atoms with Gasteiger partial charge in [0.15, 0.2) is 5.96 Å². The second-order valence-electron chi connectivity index (χ2n) is 4.68. The summed E-state index contributed by atoms with van der Waals surface area (Å²) in [7, 11) is 3.31. The lowest BCUT2D eigenvalue weighted by atomic mass is 10.1. The number of methoxy groups -OCH3 is 1. The van der Waals surface area contributed by atoms with Crippen molar-refractivity contribution in [1.82, 2.24) is 15.6 Å². The average molecular weight is 396 g/mol. The van der Waals surface area contributed by atoms with Gasteiger partial charge >= 0.3 is 0 Å². The lowest BCUT2D eigenvalue weighted by molar-refractivity contribution is 0.0268. The summed E-state index contributed by atoms with van der Waals surface area (Å²) in [6.07, 6.45) is 1.56. The zero-order valence-corrected chi connectivity index (χ0v) is 14.6. The molecule has 0 amide bonds. The first kappa shape index (κ1) is 19.0. The fourth-order valence-corrected chi connectivity index (χ4v) is 1.31. The van der Waals surface area contributed by atoms with Crippen molar-refractivity contribution >= 4 is 29.9 Å². The molecule has 0 bridgehead atoms. The van der Waals surface area contributed by atoms with Crippen molar-refractivity contribution in [3.05, 3.63) is 29.8 Å². The van der Waals surface area contributed by atoms with Crippen molar-refractivity contribution in [2.75, 3.05) is 20.7 Å². The number of ether oxygens (including phenoxy) is 1. The van der Waals surface area contributed by atoms with Crippen LogP contribution in [-0.4, -0.2) is 37.2 Å². The maximum Gasteiger partial charge on any atom is 0.191 e. The molecule has 7 heteroatoms. The molecular weight excluding hydrogens is 374 g/mol. The highest BCUT2D eigenvalue weighted by atomic mass is 127. The number of nitrogens with one attached hydrogen (secondary N) is 2. The highest BCUT2D eigenvalue weighted by molar-refractivity contribution is 14.0. The number of nitrogens with zero attached hydrogens (tertiary/aromatic N) is 2. The van der Waals surface area contributed by atoms with E-state index in [1.807, 2.05) is 13.8 Å². The van der Waals surface area contributed by atoms with E-state index in [0.717, 1.165) is 0 Å². The van der Waals surface area contributed by atoms with Crippen LogP contribution in [0.15, 0.2) is 23.3 Å². The lowest BCUT2D eigenvalue weighted by Crippen LogP contribution is -2.45. The van der Waals surface area contributed by atoms with Gasteiger partial charge in [-0.05, 0) is 26.0 Å². The zero-order chi connectivity index (χ0) is 14.3. The Hall–Kier alpha value is -0.960. The average Bonchev–Trinajstić information content (AvgIpc) is 2.41. The van der Waals surface area contributed by atoms with Crippen LogP contribution in [0.4, 0.5) is 4.39 Å². The summed E-state index contributed by atoms with van der Waals surface area (Å²) in [5.74, 6) is 0.248. The van der Waals surface area contributed by atoms with Crippen LogP contribution < -0.4 is 10.6 Å². The largest absolute Gasteiger partial charge is 0.377 e. The van der Waals surface area contributed by atoms with E-state index < -0.39 is 0 Å². The van der Waals surface area contributed by atoms with Gasteiger partial charge in [0, 0.05) is 26.9 Å². The molecule has 0 fully saturated rings. The van der Waals surface area contributed by atoms with Crippen LogP contribution in [0.3, 0.4) is 0 Å². The maximum atomic E-state index is 13.4. The van der Waals surface area contributed by atoms with Gasteiger partial charge in [0.25, 0.3) is 0 Å². The number of pyridine rings is 1. The van der Waals surface area contributed by atoms with Crippen LogP contribution in [0, 0.1) is 5.82 Å². The number of halogens is 2. The van der Waals surface area contributed by atoms with E-state index in [-0.39, 0.29) is 41.9 Å². The molecule has 5 nitrogen and oxygen atoms in total. The Morgan fingerprint density at radius 2 is 2.15 bits per heavy atom. The van der Waals surface area contributed by atoms with E-state index in [4.69, 9.17) is 4.74 Å². The highest BCUT2D eigenvalue weighted by Gasteiger charge is 2.16. The van der Waals surface area contributed by atoms with Gasteiger partial charge in [0.05, 0.1) is 17.8 Å². The van der Waals surface area contributed by atoms with E-state index in [1.54, 1.807) is 26.4 Å². The second kappa shape index (κ2) is 9.06. The van der Waals surface area contributed by atoms with E-state index in [1.165, 1.54) is 6.07 Å². The van der Waals surface area contributed by atoms with Crippen LogP contribution in [0.1, 0.15) is 19.5 Å². The molecule has 0 saturated heterocycles. The van der Waals surface area contributed by atoms with Crippen LogP contribution in [0.25, 0.3) is 0 Å². The SMILES string of the molecule is CN=C(NCc1ncccc1F)NCC(C)(C)OC.I. The summed E-state index contributed by atoms with van der Waals surface area (Å²) in [6, 6.07) is 2.95. The first-order valence-corrected chi connectivity index (χ1v) is 6.07. The Morgan fingerprint density at radius 1 is 1.45 bits per heavy atom. The van der Waals surface area contributed by atoms with Gasteiger partial charge in [-0.1, -0.05) is 0 Å². The predicted octanol–water partition coefficient (Wildman–Crippen LogP) is 1.93. The molecule has 1 aromatic heterocycles. The Kier molecular flexibility index (Phi) is 8.63. The van der Waals surface area contributed by atoms with Crippen LogP contribution in [0.5, 0.6) is 0 Å². The number of hydrogen-bond acceptors (Lipinski definition) is 3. The predicted molar refractivity (Wildman–Crippen MR) is 88.9 cm³/mol. The minimum atomic E-state index is -0.331. The second-order valence-corrected chi connectivity index (χ2v) is 4.68. The smallest absolute Gasteiger partial charge is 0.191 e. The number of rotatable bonds is 5. The van der Waals surface area contributed by atoms with Crippen molar-refractivity contribution in [3.63, 3.8) is 0 Å². The number of hydrogen-bond donors (Lipinski definition) is 2. The van der Waals surface area contributed by atoms with Gasteiger partial charge in [-0.25, -0.2) is 4.39 Å². The first-order chi connectivity index (χ1) is 8.98. The molecule has 0 aliphatic rings. The summed E-state index contributed by atoms with van der Waals surface area (Å²) in [4.78, 5) is 8.02. The lowest BCUT2D eigenvalue weighted by Gasteiger charge is -2.24. The van der Waals surface area contributed by atoms with Crippen molar-refractivity contribution in [2.45, 2.75) is 26.0 Å². The number of guanidine groups is 1.